The first-order valence-corrected chi connectivity index (χ1v) is 5.91. The molecule has 0 unspecified atom stereocenters. The zero-order valence-corrected chi connectivity index (χ0v) is 9.65. The first-order valence-electron chi connectivity index (χ1n) is 5.91. The van der Waals surface area contributed by atoms with Crippen molar-refractivity contribution in [1.82, 2.24) is 9.97 Å². The summed E-state index contributed by atoms with van der Waals surface area (Å²) in [5.74, 6) is 0.780. The summed E-state index contributed by atoms with van der Waals surface area (Å²) in [4.78, 5) is 21.7. The zero-order chi connectivity index (χ0) is 11.4. The van der Waals surface area contributed by atoms with Gasteiger partial charge >= 0.3 is 0 Å². The molecule has 1 aromatic rings. The summed E-state index contributed by atoms with van der Waals surface area (Å²) in [5, 5.41) is 0. The smallest absolute Gasteiger partial charge is 0.225 e. The van der Waals surface area contributed by atoms with Crippen LogP contribution in [0.1, 0.15) is 42.2 Å². The van der Waals surface area contributed by atoms with Crippen molar-refractivity contribution in [3.8, 4) is 0 Å². The Bertz CT molecular complexity index is 373. The first kappa shape index (κ1) is 11.0. The quantitative estimate of drug-likeness (QED) is 0.728. The molecular formula is C12H17N3O. The van der Waals surface area contributed by atoms with Gasteiger partial charge in [-0.05, 0) is 25.7 Å². The van der Waals surface area contributed by atoms with Crippen LogP contribution in [0, 0.1) is 0 Å². The Labute approximate surface area is 95.7 Å². The van der Waals surface area contributed by atoms with Gasteiger partial charge in [0.1, 0.15) is 0 Å². The van der Waals surface area contributed by atoms with E-state index >= 15 is 0 Å². The van der Waals surface area contributed by atoms with Crippen LogP contribution in [0.15, 0.2) is 6.20 Å². The van der Waals surface area contributed by atoms with E-state index in [0.717, 1.165) is 37.4 Å². The summed E-state index contributed by atoms with van der Waals surface area (Å²) in [7, 11) is 0. The van der Waals surface area contributed by atoms with Gasteiger partial charge in [0.05, 0.1) is 11.3 Å². The van der Waals surface area contributed by atoms with Crippen molar-refractivity contribution >= 4 is 12.2 Å². The van der Waals surface area contributed by atoms with E-state index in [1.165, 1.54) is 19.3 Å². The summed E-state index contributed by atoms with van der Waals surface area (Å²) in [6.45, 7) is 4.07. The second-order valence-electron chi connectivity index (χ2n) is 4.09. The van der Waals surface area contributed by atoms with Crippen LogP contribution in [0.25, 0.3) is 0 Å². The highest BCUT2D eigenvalue weighted by molar-refractivity contribution is 5.76. The second kappa shape index (κ2) is 5.05. The predicted molar refractivity (Wildman–Crippen MR) is 62.9 cm³/mol. The van der Waals surface area contributed by atoms with Crippen LogP contribution in [0.2, 0.25) is 0 Å². The van der Waals surface area contributed by atoms with E-state index < -0.39 is 0 Å². The maximum atomic E-state index is 10.8. The van der Waals surface area contributed by atoms with Crippen molar-refractivity contribution in [1.29, 1.82) is 0 Å². The van der Waals surface area contributed by atoms with Crippen molar-refractivity contribution in [2.24, 2.45) is 0 Å². The maximum Gasteiger partial charge on any atom is 0.225 e. The Kier molecular flexibility index (Phi) is 3.49. The lowest BCUT2D eigenvalue weighted by molar-refractivity contribution is 0.112. The average molecular weight is 219 g/mol. The fourth-order valence-corrected chi connectivity index (χ4v) is 2.04. The number of carbonyl (C=O) groups is 1. The molecule has 16 heavy (non-hydrogen) atoms. The van der Waals surface area contributed by atoms with Crippen LogP contribution in [0.5, 0.6) is 0 Å². The molecule has 1 aliphatic heterocycles. The molecule has 86 valence electrons. The number of anilines is 1. The number of piperidine rings is 1. The van der Waals surface area contributed by atoms with Gasteiger partial charge in [-0.3, -0.25) is 4.79 Å². The Morgan fingerprint density at radius 3 is 2.75 bits per heavy atom. The van der Waals surface area contributed by atoms with Crippen LogP contribution in [-0.4, -0.2) is 29.3 Å². The fraction of sp³-hybridized carbons (Fsp3) is 0.583. The molecular weight excluding hydrogens is 202 g/mol. The first-order chi connectivity index (χ1) is 7.85. The normalized spacial score (nSPS) is 16.2. The third kappa shape index (κ3) is 2.21. The summed E-state index contributed by atoms with van der Waals surface area (Å²) in [5.41, 5.74) is 1.47. The number of hydrogen-bond donors (Lipinski definition) is 0. The van der Waals surface area contributed by atoms with E-state index in [1.54, 1.807) is 6.20 Å². The number of aldehydes is 1. The van der Waals surface area contributed by atoms with Crippen LogP contribution in [0.3, 0.4) is 0 Å². The summed E-state index contributed by atoms with van der Waals surface area (Å²) in [6.07, 6.45) is 6.96. The Hall–Kier alpha value is -1.45. The van der Waals surface area contributed by atoms with E-state index in [-0.39, 0.29) is 0 Å². The molecule has 4 nitrogen and oxygen atoms in total. The molecule has 4 heteroatoms. The minimum absolute atomic E-state index is 0.614. The molecule has 2 heterocycles. The van der Waals surface area contributed by atoms with Crippen LogP contribution < -0.4 is 4.90 Å². The molecule has 1 aliphatic rings. The lowest BCUT2D eigenvalue weighted by Crippen LogP contribution is -2.31. The molecule has 0 spiro atoms. The molecule has 0 amide bonds. The van der Waals surface area contributed by atoms with E-state index in [4.69, 9.17) is 0 Å². The van der Waals surface area contributed by atoms with E-state index in [9.17, 15) is 4.79 Å². The molecule has 1 fully saturated rings. The number of hydrogen-bond acceptors (Lipinski definition) is 4. The van der Waals surface area contributed by atoms with Gasteiger partial charge in [-0.2, -0.15) is 0 Å². The molecule has 2 rings (SSSR count). The molecule has 0 atom stereocenters. The number of nitrogens with zero attached hydrogens (tertiary/aromatic N) is 3. The van der Waals surface area contributed by atoms with Gasteiger partial charge in [-0.25, -0.2) is 9.97 Å². The van der Waals surface area contributed by atoms with Crippen molar-refractivity contribution in [3.63, 3.8) is 0 Å². The van der Waals surface area contributed by atoms with Crippen LogP contribution >= 0.6 is 0 Å². The third-order valence-electron chi connectivity index (χ3n) is 2.99. The Morgan fingerprint density at radius 2 is 2.12 bits per heavy atom. The lowest BCUT2D eigenvalue weighted by Gasteiger charge is -2.26. The minimum atomic E-state index is 0.614. The molecule has 0 radical (unpaired) electrons. The summed E-state index contributed by atoms with van der Waals surface area (Å²) in [6, 6.07) is 0. The molecule has 0 aliphatic carbocycles. The largest absolute Gasteiger partial charge is 0.341 e. The van der Waals surface area contributed by atoms with Crippen LogP contribution in [-0.2, 0) is 6.42 Å². The Morgan fingerprint density at radius 1 is 1.38 bits per heavy atom. The predicted octanol–water partition coefficient (Wildman–Crippen LogP) is 1.84. The third-order valence-corrected chi connectivity index (χ3v) is 2.99. The topological polar surface area (TPSA) is 46.1 Å². The highest BCUT2D eigenvalue weighted by atomic mass is 16.1. The number of rotatable bonds is 3. The van der Waals surface area contributed by atoms with E-state index in [0.29, 0.717) is 5.56 Å². The van der Waals surface area contributed by atoms with Crippen molar-refractivity contribution in [3.05, 3.63) is 17.5 Å². The van der Waals surface area contributed by atoms with Gasteiger partial charge in [0, 0.05) is 19.3 Å². The maximum absolute atomic E-state index is 10.8. The highest BCUT2D eigenvalue weighted by Gasteiger charge is 2.14. The molecule has 1 saturated heterocycles. The molecule has 1 aromatic heterocycles. The molecule has 0 N–H and O–H groups in total. The summed E-state index contributed by atoms with van der Waals surface area (Å²) < 4.78 is 0. The Balaban J connectivity index is 2.24. The average Bonchev–Trinajstić information content (AvgIpc) is 2.39. The monoisotopic (exact) mass is 219 g/mol. The number of aromatic nitrogens is 2. The molecule has 0 aromatic carbocycles. The SMILES string of the molecule is CCc1nc(N2CCCCC2)ncc1C=O. The van der Waals surface area contributed by atoms with Gasteiger partial charge in [0.2, 0.25) is 5.95 Å². The minimum Gasteiger partial charge on any atom is -0.341 e. The highest BCUT2D eigenvalue weighted by Crippen LogP contribution is 2.16. The van der Waals surface area contributed by atoms with Gasteiger partial charge < -0.3 is 4.90 Å². The fourth-order valence-electron chi connectivity index (χ4n) is 2.04. The van der Waals surface area contributed by atoms with Gasteiger partial charge in [0.25, 0.3) is 0 Å². The van der Waals surface area contributed by atoms with Gasteiger partial charge in [-0.1, -0.05) is 6.92 Å². The lowest BCUT2D eigenvalue weighted by atomic mass is 10.1. The van der Waals surface area contributed by atoms with Crippen molar-refractivity contribution in [2.75, 3.05) is 18.0 Å². The molecule has 0 bridgehead atoms. The number of carbonyl (C=O) groups excluding carboxylic acids is 1. The van der Waals surface area contributed by atoms with Crippen molar-refractivity contribution in [2.45, 2.75) is 32.6 Å². The van der Waals surface area contributed by atoms with E-state index in [2.05, 4.69) is 14.9 Å². The van der Waals surface area contributed by atoms with Gasteiger partial charge in [-0.15, -0.1) is 0 Å². The molecule has 0 saturated carbocycles. The van der Waals surface area contributed by atoms with E-state index in [1.807, 2.05) is 6.92 Å². The second-order valence-corrected chi connectivity index (χ2v) is 4.09. The standard InChI is InChI=1S/C12H17N3O/c1-2-11-10(9-16)8-13-12(14-11)15-6-4-3-5-7-15/h8-9H,2-7H2,1H3. The van der Waals surface area contributed by atoms with Gasteiger partial charge in [0.15, 0.2) is 6.29 Å². The zero-order valence-electron chi connectivity index (χ0n) is 9.65. The van der Waals surface area contributed by atoms with Crippen molar-refractivity contribution < 1.29 is 4.79 Å². The van der Waals surface area contributed by atoms with Crippen LogP contribution in [0.4, 0.5) is 5.95 Å². The number of aryl methyl sites for hydroxylation is 1. The summed E-state index contributed by atoms with van der Waals surface area (Å²) >= 11 is 0.